The van der Waals surface area contributed by atoms with Crippen molar-refractivity contribution >= 4 is 15.9 Å². The molecule has 2 nitrogen and oxygen atoms in total. The Hall–Kier alpha value is -0.540. The molecule has 0 amide bonds. The minimum atomic E-state index is 0.193. The van der Waals surface area contributed by atoms with E-state index in [4.69, 9.17) is 10.5 Å². The highest BCUT2D eigenvalue weighted by molar-refractivity contribution is 9.10. The Labute approximate surface area is 92.6 Å². The number of hydrogen-bond acceptors (Lipinski definition) is 2. The lowest BCUT2D eigenvalue weighted by molar-refractivity contribution is 0.258. The van der Waals surface area contributed by atoms with Crippen molar-refractivity contribution in [3.05, 3.63) is 28.2 Å². The fourth-order valence-corrected chi connectivity index (χ4v) is 2.28. The highest BCUT2D eigenvalue weighted by Gasteiger charge is 2.24. The summed E-state index contributed by atoms with van der Waals surface area (Å²) in [6.07, 6.45) is 1.02. The molecule has 1 aliphatic heterocycles. The van der Waals surface area contributed by atoms with E-state index in [1.807, 2.05) is 12.1 Å². The molecule has 1 aromatic carbocycles. The van der Waals surface area contributed by atoms with Gasteiger partial charge in [-0.05, 0) is 31.0 Å². The van der Waals surface area contributed by atoms with E-state index in [2.05, 4.69) is 28.9 Å². The summed E-state index contributed by atoms with van der Waals surface area (Å²) in [4.78, 5) is 0. The highest BCUT2D eigenvalue weighted by Crippen LogP contribution is 2.36. The lowest BCUT2D eigenvalue weighted by Crippen LogP contribution is -2.29. The second-order valence-corrected chi connectivity index (χ2v) is 4.70. The Bertz CT molecular complexity index is 338. The van der Waals surface area contributed by atoms with Gasteiger partial charge in [-0.2, -0.15) is 0 Å². The first-order valence-corrected chi connectivity index (χ1v) is 5.65. The number of halogens is 1. The van der Waals surface area contributed by atoms with Crippen LogP contribution in [0.4, 0.5) is 0 Å². The molecule has 0 spiro atoms. The molecule has 0 bridgehead atoms. The first-order chi connectivity index (χ1) is 6.68. The molecule has 1 aliphatic rings. The number of benzene rings is 1. The minimum absolute atomic E-state index is 0.193. The molecule has 2 atom stereocenters. The summed E-state index contributed by atoms with van der Waals surface area (Å²) in [5.74, 6) is 1.42. The van der Waals surface area contributed by atoms with Gasteiger partial charge < -0.3 is 10.5 Å². The van der Waals surface area contributed by atoms with Gasteiger partial charge in [0, 0.05) is 16.4 Å². The highest BCUT2D eigenvalue weighted by atomic mass is 79.9. The van der Waals surface area contributed by atoms with Gasteiger partial charge in [-0.25, -0.2) is 0 Å². The molecular weight excluding hydrogens is 242 g/mol. The third-order valence-electron chi connectivity index (χ3n) is 2.70. The van der Waals surface area contributed by atoms with Crippen LogP contribution in [0.5, 0.6) is 5.75 Å². The first-order valence-electron chi connectivity index (χ1n) is 4.86. The van der Waals surface area contributed by atoms with Crippen LogP contribution >= 0.6 is 15.9 Å². The SMILES string of the molecule is CC(N)C1CCOc2cc(Br)ccc21. The zero-order chi connectivity index (χ0) is 10.1. The van der Waals surface area contributed by atoms with Crippen molar-refractivity contribution in [1.29, 1.82) is 0 Å². The summed E-state index contributed by atoms with van der Waals surface area (Å²) in [6, 6.07) is 6.36. The molecule has 2 unspecified atom stereocenters. The van der Waals surface area contributed by atoms with E-state index < -0.39 is 0 Å². The smallest absolute Gasteiger partial charge is 0.123 e. The van der Waals surface area contributed by atoms with Crippen LogP contribution in [0, 0.1) is 0 Å². The van der Waals surface area contributed by atoms with Crippen LogP contribution in [-0.4, -0.2) is 12.6 Å². The van der Waals surface area contributed by atoms with Crippen LogP contribution in [0.25, 0.3) is 0 Å². The molecular formula is C11H14BrNO. The summed E-state index contributed by atoms with van der Waals surface area (Å²) < 4.78 is 6.66. The van der Waals surface area contributed by atoms with Gasteiger partial charge in [0.1, 0.15) is 5.75 Å². The van der Waals surface area contributed by atoms with Crippen molar-refractivity contribution in [2.45, 2.75) is 25.3 Å². The predicted octanol–water partition coefficient (Wildman–Crippen LogP) is 2.66. The van der Waals surface area contributed by atoms with E-state index in [9.17, 15) is 0 Å². The standard InChI is InChI=1S/C11H14BrNO/c1-7(13)9-4-5-14-11-6-8(12)2-3-10(9)11/h2-3,6-7,9H,4-5,13H2,1H3. The maximum absolute atomic E-state index is 5.95. The number of hydrogen-bond donors (Lipinski definition) is 1. The first kappa shape index (κ1) is 9.99. The molecule has 14 heavy (non-hydrogen) atoms. The third-order valence-corrected chi connectivity index (χ3v) is 3.19. The maximum atomic E-state index is 5.95. The molecule has 0 saturated heterocycles. The van der Waals surface area contributed by atoms with Gasteiger partial charge in [-0.15, -0.1) is 0 Å². The van der Waals surface area contributed by atoms with E-state index >= 15 is 0 Å². The van der Waals surface area contributed by atoms with Crippen molar-refractivity contribution in [2.75, 3.05) is 6.61 Å². The maximum Gasteiger partial charge on any atom is 0.123 e. The third kappa shape index (κ3) is 1.79. The second kappa shape index (κ2) is 3.91. The van der Waals surface area contributed by atoms with E-state index in [0.29, 0.717) is 5.92 Å². The summed E-state index contributed by atoms with van der Waals surface area (Å²) in [7, 11) is 0. The van der Waals surface area contributed by atoms with Gasteiger partial charge in [-0.3, -0.25) is 0 Å². The largest absolute Gasteiger partial charge is 0.493 e. The quantitative estimate of drug-likeness (QED) is 0.838. The second-order valence-electron chi connectivity index (χ2n) is 3.78. The summed E-state index contributed by atoms with van der Waals surface area (Å²) in [5, 5.41) is 0. The molecule has 2 rings (SSSR count). The Kier molecular flexibility index (Phi) is 2.79. The predicted molar refractivity (Wildman–Crippen MR) is 60.6 cm³/mol. The molecule has 0 aliphatic carbocycles. The average molecular weight is 256 g/mol. The van der Waals surface area contributed by atoms with Crippen molar-refractivity contribution in [1.82, 2.24) is 0 Å². The Morgan fingerprint density at radius 2 is 2.36 bits per heavy atom. The number of nitrogens with two attached hydrogens (primary N) is 1. The van der Waals surface area contributed by atoms with E-state index in [-0.39, 0.29) is 6.04 Å². The van der Waals surface area contributed by atoms with Crippen LogP contribution in [0.3, 0.4) is 0 Å². The van der Waals surface area contributed by atoms with Gasteiger partial charge in [0.05, 0.1) is 6.61 Å². The summed E-state index contributed by atoms with van der Waals surface area (Å²) in [5.41, 5.74) is 7.20. The zero-order valence-electron chi connectivity index (χ0n) is 8.16. The van der Waals surface area contributed by atoms with Crippen molar-refractivity contribution < 1.29 is 4.74 Å². The molecule has 0 radical (unpaired) electrons. The van der Waals surface area contributed by atoms with E-state index in [1.165, 1.54) is 5.56 Å². The van der Waals surface area contributed by atoms with Crippen molar-refractivity contribution in [2.24, 2.45) is 5.73 Å². The lowest BCUT2D eigenvalue weighted by atomic mass is 9.88. The van der Waals surface area contributed by atoms with Gasteiger partial charge in [0.25, 0.3) is 0 Å². The number of rotatable bonds is 1. The van der Waals surface area contributed by atoms with Crippen LogP contribution in [-0.2, 0) is 0 Å². The van der Waals surface area contributed by atoms with Crippen LogP contribution in [0.15, 0.2) is 22.7 Å². The normalized spacial score (nSPS) is 22.4. The fourth-order valence-electron chi connectivity index (χ4n) is 1.94. The molecule has 1 aromatic rings. The molecule has 0 fully saturated rings. The van der Waals surface area contributed by atoms with E-state index in [0.717, 1.165) is 23.2 Å². The van der Waals surface area contributed by atoms with Crippen molar-refractivity contribution in [3.63, 3.8) is 0 Å². The van der Waals surface area contributed by atoms with Gasteiger partial charge >= 0.3 is 0 Å². The van der Waals surface area contributed by atoms with E-state index in [1.54, 1.807) is 0 Å². The van der Waals surface area contributed by atoms with Crippen LogP contribution in [0.1, 0.15) is 24.8 Å². The number of ether oxygens (including phenoxy) is 1. The zero-order valence-corrected chi connectivity index (χ0v) is 9.75. The summed E-state index contributed by atoms with van der Waals surface area (Å²) >= 11 is 3.44. The Balaban J connectivity index is 2.40. The van der Waals surface area contributed by atoms with Crippen LogP contribution in [0.2, 0.25) is 0 Å². The van der Waals surface area contributed by atoms with Crippen LogP contribution < -0.4 is 10.5 Å². The van der Waals surface area contributed by atoms with Gasteiger partial charge in [-0.1, -0.05) is 22.0 Å². The minimum Gasteiger partial charge on any atom is -0.493 e. The Morgan fingerprint density at radius 3 is 3.07 bits per heavy atom. The molecule has 3 heteroatoms. The average Bonchev–Trinajstić information content (AvgIpc) is 2.16. The van der Waals surface area contributed by atoms with Gasteiger partial charge in [0.15, 0.2) is 0 Å². The fraction of sp³-hybridized carbons (Fsp3) is 0.455. The van der Waals surface area contributed by atoms with Crippen molar-refractivity contribution in [3.8, 4) is 5.75 Å². The Morgan fingerprint density at radius 1 is 1.57 bits per heavy atom. The summed E-state index contributed by atoms with van der Waals surface area (Å²) in [6.45, 7) is 2.83. The molecule has 0 saturated carbocycles. The number of fused-ring (bicyclic) bond motifs is 1. The molecule has 1 heterocycles. The molecule has 0 aromatic heterocycles. The lowest BCUT2D eigenvalue weighted by Gasteiger charge is -2.28. The molecule has 76 valence electrons. The topological polar surface area (TPSA) is 35.2 Å². The molecule has 2 N–H and O–H groups in total. The van der Waals surface area contributed by atoms with Gasteiger partial charge in [0.2, 0.25) is 0 Å². The monoisotopic (exact) mass is 255 g/mol.